The Balaban J connectivity index is 1.34. The largest absolute Gasteiger partial charge is 0.491 e. The Morgan fingerprint density at radius 2 is 1.37 bits per heavy atom. The van der Waals surface area contributed by atoms with Crippen molar-refractivity contribution in [2.75, 3.05) is 26.4 Å². The van der Waals surface area contributed by atoms with Crippen LogP contribution in [0.3, 0.4) is 0 Å². The van der Waals surface area contributed by atoms with E-state index in [2.05, 4.69) is 6.07 Å². The van der Waals surface area contributed by atoms with Crippen LogP contribution >= 0.6 is 0 Å². The Kier molecular flexibility index (Phi) is 8.73. The van der Waals surface area contributed by atoms with Gasteiger partial charge < -0.3 is 19.7 Å². The zero-order valence-electron chi connectivity index (χ0n) is 22.1. The number of aliphatic hydroxyl groups excluding tert-OH is 2. The van der Waals surface area contributed by atoms with Gasteiger partial charge in [-0.2, -0.15) is 0 Å². The van der Waals surface area contributed by atoms with E-state index in [-0.39, 0.29) is 26.4 Å². The molecule has 2 aromatic rings. The number of allylic oxidation sites excluding steroid dienone is 1. The number of fused-ring (bicyclic) bond motifs is 2. The minimum absolute atomic E-state index is 0.0840. The van der Waals surface area contributed by atoms with Crippen LogP contribution in [0, 0.1) is 0 Å². The quantitative estimate of drug-likeness (QED) is 0.165. The molecule has 0 unspecified atom stereocenters. The van der Waals surface area contributed by atoms with Gasteiger partial charge in [0.2, 0.25) is 0 Å². The molecular formula is C33H28O8. The van der Waals surface area contributed by atoms with E-state index in [4.69, 9.17) is 29.5 Å². The molecule has 0 saturated heterocycles. The molecule has 0 amide bonds. The maximum Gasteiger partial charge on any atom is 0.387 e. The van der Waals surface area contributed by atoms with E-state index < -0.39 is 11.9 Å². The molecule has 0 bridgehead atoms. The number of benzene rings is 2. The second kappa shape index (κ2) is 13.0. The van der Waals surface area contributed by atoms with Crippen LogP contribution in [0.1, 0.15) is 22.3 Å². The average Bonchev–Trinajstić information content (AvgIpc) is 3.56. The summed E-state index contributed by atoms with van der Waals surface area (Å²) in [5, 5.41) is 17.9. The number of carbonyl (C=O) groups is 2. The molecule has 3 aliphatic rings. The van der Waals surface area contributed by atoms with Gasteiger partial charge in [-0.15, -0.1) is 0 Å². The number of rotatable bonds is 10. The van der Waals surface area contributed by atoms with Gasteiger partial charge in [0, 0.05) is 6.08 Å². The zero-order valence-corrected chi connectivity index (χ0v) is 22.1. The minimum Gasteiger partial charge on any atom is -0.491 e. The number of carbonyl (C=O) groups excluding carboxylic acids is 2. The average molecular weight is 553 g/mol. The summed E-state index contributed by atoms with van der Waals surface area (Å²) < 4.78 is 10.8. The normalized spacial score (nSPS) is 12.4. The van der Waals surface area contributed by atoms with Gasteiger partial charge in [0.25, 0.3) is 0 Å². The topological polar surface area (TPSA) is 112 Å². The predicted octanol–water partition coefficient (Wildman–Crippen LogP) is 4.72. The van der Waals surface area contributed by atoms with Crippen molar-refractivity contribution in [3.05, 3.63) is 113 Å². The maximum atomic E-state index is 13.4. The molecule has 0 aromatic heterocycles. The van der Waals surface area contributed by atoms with Crippen LogP contribution < -0.4 is 9.47 Å². The number of ether oxygens (including phenoxy) is 2. The highest BCUT2D eigenvalue weighted by Crippen LogP contribution is 2.41. The van der Waals surface area contributed by atoms with E-state index in [1.807, 2.05) is 42.5 Å². The Hall–Kier alpha value is -4.92. The Bertz CT molecular complexity index is 1550. The van der Waals surface area contributed by atoms with Crippen molar-refractivity contribution in [2.24, 2.45) is 0 Å². The van der Waals surface area contributed by atoms with Crippen LogP contribution in [0.5, 0.6) is 11.5 Å². The van der Waals surface area contributed by atoms with Gasteiger partial charge >= 0.3 is 11.9 Å². The first kappa shape index (κ1) is 27.6. The minimum atomic E-state index is -0.845. The molecule has 8 nitrogen and oxygen atoms in total. The van der Waals surface area contributed by atoms with Crippen molar-refractivity contribution in [3.63, 3.8) is 0 Å². The van der Waals surface area contributed by atoms with Crippen molar-refractivity contribution in [1.29, 1.82) is 0 Å². The van der Waals surface area contributed by atoms with Crippen LogP contribution in [-0.4, -0.2) is 48.6 Å². The van der Waals surface area contributed by atoms with Crippen molar-refractivity contribution in [1.82, 2.24) is 0 Å². The van der Waals surface area contributed by atoms with Crippen LogP contribution in [0.4, 0.5) is 0 Å². The molecule has 3 aliphatic carbocycles. The van der Waals surface area contributed by atoms with E-state index in [0.29, 0.717) is 34.6 Å². The van der Waals surface area contributed by atoms with E-state index in [9.17, 15) is 9.59 Å². The molecule has 5 rings (SSSR count). The second-order valence-corrected chi connectivity index (χ2v) is 9.23. The van der Waals surface area contributed by atoms with E-state index >= 15 is 0 Å². The van der Waals surface area contributed by atoms with Crippen LogP contribution in [0.15, 0.2) is 91.0 Å². The molecule has 208 valence electrons. The standard InChI is InChI=1S/C33H28O8/c34-16-18-38-27-10-4-22(5-11-27)6-15-31(36)40-41-33(37)32-29-14-9-23-2-1-3-25(23)20-26(29)21-30(32)24-7-12-28(13-8-24)39-19-17-35/h1-15,20,34-35H,16-19,21H2/b15-6+. The lowest BCUT2D eigenvalue weighted by atomic mass is 10.00. The Morgan fingerprint density at radius 1 is 0.732 bits per heavy atom. The van der Waals surface area contributed by atoms with Gasteiger partial charge in [-0.1, -0.05) is 60.7 Å². The second-order valence-electron chi connectivity index (χ2n) is 9.23. The molecule has 2 aromatic carbocycles. The third-order valence-corrected chi connectivity index (χ3v) is 6.55. The highest BCUT2D eigenvalue weighted by Gasteiger charge is 2.30. The number of aliphatic hydroxyl groups is 2. The highest BCUT2D eigenvalue weighted by atomic mass is 17.2. The molecule has 0 heterocycles. The summed E-state index contributed by atoms with van der Waals surface area (Å²) in [5.41, 5.74) is 6.31. The first-order valence-corrected chi connectivity index (χ1v) is 13.1. The molecule has 8 heteroatoms. The third kappa shape index (κ3) is 6.63. The molecule has 0 saturated carbocycles. The molecular weight excluding hydrogens is 524 g/mol. The van der Waals surface area contributed by atoms with Gasteiger partial charge in [0.05, 0.1) is 18.8 Å². The van der Waals surface area contributed by atoms with Gasteiger partial charge in [0.1, 0.15) is 24.7 Å². The molecule has 0 spiro atoms. The van der Waals surface area contributed by atoms with E-state index in [1.165, 1.54) is 6.08 Å². The zero-order chi connectivity index (χ0) is 28.6. The molecule has 0 aliphatic heterocycles. The molecule has 0 radical (unpaired) electrons. The lowest BCUT2D eigenvalue weighted by molar-refractivity contribution is -0.249. The smallest absolute Gasteiger partial charge is 0.387 e. The van der Waals surface area contributed by atoms with Crippen molar-refractivity contribution >= 4 is 29.2 Å². The molecule has 0 atom stereocenters. The summed E-state index contributed by atoms with van der Waals surface area (Å²) in [6, 6.07) is 26.0. The van der Waals surface area contributed by atoms with Crippen molar-refractivity contribution in [2.45, 2.75) is 6.42 Å². The number of hydrogen-bond acceptors (Lipinski definition) is 8. The fourth-order valence-electron chi connectivity index (χ4n) is 4.65. The number of hydrogen-bond donors (Lipinski definition) is 2. The SMILES string of the molecule is O=C(/C=C/c1ccc(OCCO)cc1)OOC(=O)C1=C(c2ccc(OCCO)cc2)Cc2cc3cccc-3ccc21. The summed E-state index contributed by atoms with van der Waals surface area (Å²) in [4.78, 5) is 35.6. The van der Waals surface area contributed by atoms with Gasteiger partial charge in [-0.25, -0.2) is 19.4 Å². The van der Waals surface area contributed by atoms with E-state index in [1.54, 1.807) is 36.4 Å². The maximum absolute atomic E-state index is 13.4. The van der Waals surface area contributed by atoms with Crippen LogP contribution in [0.2, 0.25) is 0 Å². The predicted molar refractivity (Wildman–Crippen MR) is 153 cm³/mol. The van der Waals surface area contributed by atoms with Gasteiger partial charge in [-0.05, 0) is 75.7 Å². The summed E-state index contributed by atoms with van der Waals surface area (Å²) >= 11 is 0. The van der Waals surface area contributed by atoms with Crippen LogP contribution in [-0.2, 0) is 25.8 Å². The highest BCUT2D eigenvalue weighted by molar-refractivity contribution is 6.27. The summed E-state index contributed by atoms with van der Waals surface area (Å²) in [5.74, 6) is -0.436. The first-order valence-electron chi connectivity index (χ1n) is 13.1. The van der Waals surface area contributed by atoms with Crippen molar-refractivity contribution in [3.8, 4) is 22.6 Å². The fraction of sp³-hybridized carbons (Fsp3) is 0.152. The summed E-state index contributed by atoms with van der Waals surface area (Å²) in [6.45, 7) is 0.197. The fourth-order valence-corrected chi connectivity index (χ4v) is 4.65. The van der Waals surface area contributed by atoms with Gasteiger partial charge in [-0.3, -0.25) is 0 Å². The Morgan fingerprint density at radius 3 is 2.05 bits per heavy atom. The monoisotopic (exact) mass is 552 g/mol. The van der Waals surface area contributed by atoms with Crippen LogP contribution in [0.25, 0.3) is 28.3 Å². The van der Waals surface area contributed by atoms with Gasteiger partial charge in [0.15, 0.2) is 0 Å². The molecule has 41 heavy (non-hydrogen) atoms. The lowest BCUT2D eigenvalue weighted by Gasteiger charge is -2.09. The summed E-state index contributed by atoms with van der Waals surface area (Å²) in [7, 11) is 0. The summed E-state index contributed by atoms with van der Waals surface area (Å²) in [6.07, 6.45) is 3.16. The molecule has 2 N–H and O–H groups in total. The third-order valence-electron chi connectivity index (χ3n) is 6.55. The van der Waals surface area contributed by atoms with E-state index in [0.717, 1.165) is 33.9 Å². The lowest BCUT2D eigenvalue weighted by Crippen LogP contribution is -2.11. The van der Waals surface area contributed by atoms with Crippen molar-refractivity contribution < 1.29 is 39.1 Å². The first-order chi connectivity index (χ1) is 20.1. The Labute approximate surface area is 237 Å². The molecule has 0 fully saturated rings.